The molecule has 0 bridgehead atoms. The van der Waals surface area contributed by atoms with Crippen LogP contribution >= 0.6 is 0 Å². The summed E-state index contributed by atoms with van der Waals surface area (Å²) in [6.45, 7) is 13.0. The van der Waals surface area contributed by atoms with Crippen LogP contribution in [-0.4, -0.2) is 33.5 Å². The molecule has 1 atom stereocenters. The molecule has 0 aliphatic heterocycles. The van der Waals surface area contributed by atoms with E-state index in [4.69, 9.17) is 0 Å². The highest BCUT2D eigenvalue weighted by Gasteiger charge is 2.42. The van der Waals surface area contributed by atoms with Crippen LogP contribution in [0.25, 0.3) is 0 Å². The van der Waals surface area contributed by atoms with Gasteiger partial charge in [0.1, 0.15) is 5.54 Å². The largest absolute Gasteiger partial charge is 0.480 e. The Balaban J connectivity index is 5.24. The van der Waals surface area contributed by atoms with Crippen LogP contribution in [-0.2, 0) is 9.59 Å². The molecule has 0 fully saturated rings. The molecule has 0 aliphatic rings. The standard InChI is InChI=1S/C14H27NO3/c1-10(2)15(11(3)16)14(7,12(17)18)9-8-13(4,5)6/h10H,8-9H2,1-7H3,(H,17,18). The maximum atomic E-state index is 11.7. The number of hydrogen-bond acceptors (Lipinski definition) is 2. The first-order valence-electron chi connectivity index (χ1n) is 6.45. The molecule has 4 heteroatoms. The van der Waals surface area contributed by atoms with Crippen LogP contribution in [0.2, 0.25) is 0 Å². The number of aliphatic carboxylic acids is 1. The van der Waals surface area contributed by atoms with Crippen LogP contribution in [0.1, 0.15) is 61.3 Å². The highest BCUT2D eigenvalue weighted by molar-refractivity contribution is 5.85. The smallest absolute Gasteiger partial charge is 0.329 e. The lowest BCUT2D eigenvalue weighted by Crippen LogP contribution is -2.57. The van der Waals surface area contributed by atoms with E-state index in [-0.39, 0.29) is 17.4 Å². The molecular weight excluding hydrogens is 230 g/mol. The highest BCUT2D eigenvalue weighted by Crippen LogP contribution is 2.30. The average Bonchev–Trinajstić information content (AvgIpc) is 2.11. The predicted octanol–water partition coefficient (Wildman–Crippen LogP) is 2.91. The van der Waals surface area contributed by atoms with E-state index in [9.17, 15) is 14.7 Å². The van der Waals surface area contributed by atoms with Crippen LogP contribution in [0.4, 0.5) is 0 Å². The van der Waals surface area contributed by atoms with Crippen molar-refractivity contribution >= 4 is 11.9 Å². The Kier molecular flexibility index (Phi) is 5.38. The van der Waals surface area contributed by atoms with Gasteiger partial charge in [-0.3, -0.25) is 4.79 Å². The fourth-order valence-electron chi connectivity index (χ4n) is 2.23. The number of amides is 1. The quantitative estimate of drug-likeness (QED) is 0.824. The summed E-state index contributed by atoms with van der Waals surface area (Å²) in [6, 6.07) is -0.122. The normalized spacial score (nSPS) is 15.3. The van der Waals surface area contributed by atoms with E-state index in [1.165, 1.54) is 11.8 Å². The number of carboxylic acid groups (broad SMARTS) is 1. The van der Waals surface area contributed by atoms with Gasteiger partial charge in [0.05, 0.1) is 0 Å². The van der Waals surface area contributed by atoms with E-state index in [1.807, 2.05) is 13.8 Å². The van der Waals surface area contributed by atoms with Crippen LogP contribution in [0.3, 0.4) is 0 Å². The molecule has 0 aliphatic carbocycles. The Morgan fingerprint density at radius 1 is 1.11 bits per heavy atom. The van der Waals surface area contributed by atoms with Crippen LogP contribution < -0.4 is 0 Å². The van der Waals surface area contributed by atoms with Gasteiger partial charge < -0.3 is 10.0 Å². The summed E-state index contributed by atoms with van der Waals surface area (Å²) in [5.74, 6) is -1.13. The zero-order valence-electron chi connectivity index (χ0n) is 12.7. The van der Waals surface area contributed by atoms with E-state index in [0.717, 1.165) is 6.42 Å². The van der Waals surface area contributed by atoms with Crippen molar-refractivity contribution < 1.29 is 14.7 Å². The Hall–Kier alpha value is -1.06. The van der Waals surface area contributed by atoms with Gasteiger partial charge in [-0.05, 0) is 39.0 Å². The van der Waals surface area contributed by atoms with Crippen molar-refractivity contribution in [3.05, 3.63) is 0 Å². The summed E-state index contributed by atoms with van der Waals surface area (Å²) in [5, 5.41) is 9.50. The van der Waals surface area contributed by atoms with Crippen molar-refractivity contribution in [3.8, 4) is 0 Å². The molecule has 1 N–H and O–H groups in total. The molecule has 1 amide bonds. The van der Waals surface area contributed by atoms with Gasteiger partial charge in [0.2, 0.25) is 5.91 Å². The number of carboxylic acids is 1. The Labute approximate surface area is 110 Å². The van der Waals surface area contributed by atoms with E-state index in [1.54, 1.807) is 6.92 Å². The van der Waals surface area contributed by atoms with Crippen LogP contribution in [0.5, 0.6) is 0 Å². The number of nitrogens with zero attached hydrogens (tertiary/aromatic N) is 1. The summed E-state index contributed by atoms with van der Waals surface area (Å²) in [4.78, 5) is 24.8. The van der Waals surface area contributed by atoms with Crippen molar-refractivity contribution in [2.75, 3.05) is 0 Å². The molecule has 0 aromatic carbocycles. The van der Waals surface area contributed by atoms with Gasteiger partial charge in [-0.1, -0.05) is 20.8 Å². The molecule has 106 valence electrons. The topological polar surface area (TPSA) is 57.6 Å². The molecular formula is C14H27NO3. The van der Waals surface area contributed by atoms with E-state index >= 15 is 0 Å². The van der Waals surface area contributed by atoms with Crippen molar-refractivity contribution in [2.45, 2.75) is 72.9 Å². The number of carbonyl (C=O) groups excluding carboxylic acids is 1. The first-order chi connectivity index (χ1) is 7.92. The lowest BCUT2D eigenvalue weighted by Gasteiger charge is -2.41. The Morgan fingerprint density at radius 2 is 1.56 bits per heavy atom. The van der Waals surface area contributed by atoms with Crippen molar-refractivity contribution in [1.82, 2.24) is 4.90 Å². The minimum absolute atomic E-state index is 0.0517. The first kappa shape index (κ1) is 16.9. The fraction of sp³-hybridized carbons (Fsp3) is 0.857. The van der Waals surface area contributed by atoms with Crippen LogP contribution in [0, 0.1) is 5.41 Å². The summed E-state index contributed by atoms with van der Waals surface area (Å²) in [7, 11) is 0. The lowest BCUT2D eigenvalue weighted by molar-refractivity contribution is -0.160. The van der Waals surface area contributed by atoms with Crippen LogP contribution in [0.15, 0.2) is 0 Å². The Morgan fingerprint density at radius 3 is 1.78 bits per heavy atom. The maximum absolute atomic E-state index is 11.7. The molecule has 18 heavy (non-hydrogen) atoms. The third kappa shape index (κ3) is 4.31. The van der Waals surface area contributed by atoms with E-state index in [0.29, 0.717) is 6.42 Å². The van der Waals surface area contributed by atoms with Crippen molar-refractivity contribution in [1.29, 1.82) is 0 Å². The summed E-state index contributed by atoms with van der Waals surface area (Å²) in [5.41, 5.74) is -1.08. The number of rotatable bonds is 5. The van der Waals surface area contributed by atoms with Gasteiger partial charge in [0.15, 0.2) is 0 Å². The maximum Gasteiger partial charge on any atom is 0.329 e. The number of hydrogen-bond donors (Lipinski definition) is 1. The minimum atomic E-state index is -1.13. The SMILES string of the molecule is CC(=O)N(C(C)C)C(C)(CCC(C)(C)C)C(=O)O. The highest BCUT2D eigenvalue weighted by atomic mass is 16.4. The first-order valence-corrected chi connectivity index (χ1v) is 6.45. The van der Waals surface area contributed by atoms with Gasteiger partial charge in [0.25, 0.3) is 0 Å². The van der Waals surface area contributed by atoms with Gasteiger partial charge in [-0.15, -0.1) is 0 Å². The molecule has 0 aromatic rings. The molecule has 4 nitrogen and oxygen atoms in total. The molecule has 0 rings (SSSR count). The second-order valence-corrected chi connectivity index (χ2v) is 6.62. The van der Waals surface area contributed by atoms with Gasteiger partial charge in [-0.25, -0.2) is 4.79 Å². The average molecular weight is 257 g/mol. The van der Waals surface area contributed by atoms with Crippen molar-refractivity contribution in [3.63, 3.8) is 0 Å². The lowest BCUT2D eigenvalue weighted by atomic mass is 9.82. The summed E-state index contributed by atoms with van der Waals surface area (Å²) in [6.07, 6.45) is 1.22. The monoisotopic (exact) mass is 257 g/mol. The number of carbonyl (C=O) groups is 2. The fourth-order valence-corrected chi connectivity index (χ4v) is 2.23. The molecule has 0 radical (unpaired) electrons. The molecule has 0 spiro atoms. The third-order valence-corrected chi connectivity index (χ3v) is 3.21. The van der Waals surface area contributed by atoms with Gasteiger partial charge in [0, 0.05) is 13.0 Å². The summed E-state index contributed by atoms with van der Waals surface area (Å²) < 4.78 is 0. The van der Waals surface area contributed by atoms with Crippen molar-refractivity contribution in [2.24, 2.45) is 5.41 Å². The minimum Gasteiger partial charge on any atom is -0.480 e. The molecule has 0 heterocycles. The molecule has 0 saturated heterocycles. The molecule has 1 unspecified atom stereocenters. The van der Waals surface area contributed by atoms with Gasteiger partial charge in [-0.2, -0.15) is 0 Å². The third-order valence-electron chi connectivity index (χ3n) is 3.21. The Bertz CT molecular complexity index is 317. The second-order valence-electron chi connectivity index (χ2n) is 6.62. The predicted molar refractivity (Wildman–Crippen MR) is 72.4 cm³/mol. The summed E-state index contributed by atoms with van der Waals surface area (Å²) >= 11 is 0. The zero-order chi connectivity index (χ0) is 14.7. The second kappa shape index (κ2) is 5.72. The van der Waals surface area contributed by atoms with E-state index in [2.05, 4.69) is 20.8 Å². The van der Waals surface area contributed by atoms with E-state index < -0.39 is 11.5 Å². The van der Waals surface area contributed by atoms with Gasteiger partial charge >= 0.3 is 5.97 Å². The molecule has 0 saturated carbocycles. The zero-order valence-corrected chi connectivity index (χ0v) is 12.7. The molecule has 0 aromatic heterocycles.